The van der Waals surface area contributed by atoms with Crippen LogP contribution in [0, 0.1) is 56.5 Å². The highest BCUT2D eigenvalue weighted by atomic mass is 16.6. The number of carbonyl (C=O) groups is 2. The van der Waals surface area contributed by atoms with Gasteiger partial charge in [0.15, 0.2) is 0 Å². The van der Waals surface area contributed by atoms with Gasteiger partial charge in [-0.1, -0.05) is 65.5 Å². The van der Waals surface area contributed by atoms with Crippen molar-refractivity contribution in [3.63, 3.8) is 0 Å². The van der Waals surface area contributed by atoms with Crippen molar-refractivity contribution in [2.75, 3.05) is 33.0 Å². The SMILES string of the molecule is CC(C)CCC[C@@H](C)[C@H]1CC[C@H]2[C@@H]3CC=C4C[C@@H](OC(=O)NCCOCCOCCC(=O)Oc5ccc([N+](=O)[O-])cc5)CC[C@]4(C)C3CC[C@]12C. The molecule has 1 aromatic carbocycles. The minimum Gasteiger partial charge on any atom is -0.446 e. The summed E-state index contributed by atoms with van der Waals surface area (Å²) in [4.78, 5) is 34.8. The van der Waals surface area contributed by atoms with Crippen molar-refractivity contribution in [3.8, 4) is 5.75 Å². The molecule has 0 saturated heterocycles. The number of non-ortho nitro benzene ring substituents is 1. The first kappa shape index (κ1) is 39.2. The minimum absolute atomic E-state index is 0.0430. The molecule has 3 fully saturated rings. The van der Waals surface area contributed by atoms with Crippen LogP contribution in [0.4, 0.5) is 10.5 Å². The number of amides is 1. The Bertz CT molecular complexity index is 1360. The van der Waals surface area contributed by atoms with Crippen LogP contribution < -0.4 is 10.1 Å². The van der Waals surface area contributed by atoms with Crippen molar-refractivity contribution < 1.29 is 33.5 Å². The minimum atomic E-state index is -0.514. The number of hydrogen-bond acceptors (Lipinski definition) is 8. The van der Waals surface area contributed by atoms with Crippen molar-refractivity contribution in [2.24, 2.45) is 46.3 Å². The highest BCUT2D eigenvalue weighted by Gasteiger charge is 2.59. The number of nitro benzene ring substituents is 1. The van der Waals surface area contributed by atoms with Crippen LogP contribution in [-0.2, 0) is 19.0 Å². The van der Waals surface area contributed by atoms with Gasteiger partial charge in [0.1, 0.15) is 11.9 Å². The molecular weight excluding hydrogens is 648 g/mol. The van der Waals surface area contributed by atoms with Crippen molar-refractivity contribution in [3.05, 3.63) is 46.0 Å². The van der Waals surface area contributed by atoms with Crippen molar-refractivity contribution in [1.29, 1.82) is 0 Å². The fourth-order valence-electron chi connectivity index (χ4n) is 10.5. The van der Waals surface area contributed by atoms with E-state index in [1.165, 1.54) is 81.2 Å². The maximum atomic E-state index is 12.6. The molecule has 0 radical (unpaired) electrons. The second kappa shape index (κ2) is 17.7. The van der Waals surface area contributed by atoms with E-state index >= 15 is 0 Å². The van der Waals surface area contributed by atoms with E-state index < -0.39 is 17.0 Å². The summed E-state index contributed by atoms with van der Waals surface area (Å²) in [5, 5.41) is 13.5. The molecule has 1 N–H and O–H groups in total. The van der Waals surface area contributed by atoms with Crippen LogP contribution in [0.2, 0.25) is 0 Å². The molecule has 8 atom stereocenters. The number of nitrogens with one attached hydrogen (secondary N) is 1. The Kier molecular flexibility index (Phi) is 13.6. The first-order chi connectivity index (χ1) is 24.4. The van der Waals surface area contributed by atoms with Gasteiger partial charge in [-0.25, -0.2) is 4.79 Å². The number of esters is 1. The lowest BCUT2D eigenvalue weighted by Gasteiger charge is -2.58. The average Bonchev–Trinajstić information content (AvgIpc) is 3.45. The van der Waals surface area contributed by atoms with Gasteiger partial charge in [0.25, 0.3) is 5.69 Å². The summed E-state index contributed by atoms with van der Waals surface area (Å²) < 4.78 is 22.0. The predicted molar refractivity (Wildman–Crippen MR) is 196 cm³/mol. The van der Waals surface area contributed by atoms with Crippen LogP contribution in [0.15, 0.2) is 35.9 Å². The Labute approximate surface area is 304 Å². The Balaban J connectivity index is 0.956. The lowest BCUT2D eigenvalue weighted by Crippen LogP contribution is -2.51. The summed E-state index contributed by atoms with van der Waals surface area (Å²) in [5.74, 6) is 4.64. The molecule has 1 unspecified atom stereocenters. The quantitative estimate of drug-likeness (QED) is 0.0424. The molecule has 0 spiro atoms. The normalized spacial score (nSPS) is 30.4. The molecule has 4 aliphatic rings. The number of nitrogens with zero attached hydrogens (tertiary/aromatic N) is 1. The number of nitro groups is 1. The third kappa shape index (κ3) is 9.72. The maximum absolute atomic E-state index is 12.6. The van der Waals surface area contributed by atoms with Gasteiger partial charge in [0.05, 0.1) is 37.8 Å². The number of fused-ring (bicyclic) bond motifs is 5. The van der Waals surface area contributed by atoms with Crippen LogP contribution in [0.3, 0.4) is 0 Å². The van der Waals surface area contributed by atoms with Gasteiger partial charge in [-0.15, -0.1) is 0 Å². The van der Waals surface area contributed by atoms with Gasteiger partial charge in [-0.3, -0.25) is 14.9 Å². The van der Waals surface area contributed by atoms with E-state index in [1.807, 2.05) is 0 Å². The smallest absolute Gasteiger partial charge is 0.407 e. The zero-order chi connectivity index (χ0) is 36.6. The number of allylic oxidation sites excluding steroid dienone is 1. The number of ether oxygens (including phenoxy) is 4. The second-order valence-electron chi connectivity index (χ2n) is 16.7. The Morgan fingerprint density at radius 1 is 0.941 bits per heavy atom. The summed E-state index contributed by atoms with van der Waals surface area (Å²) >= 11 is 0. The molecule has 1 aromatic rings. The molecule has 5 rings (SSSR count). The second-order valence-corrected chi connectivity index (χ2v) is 16.7. The molecule has 10 heteroatoms. The van der Waals surface area contributed by atoms with Crippen LogP contribution in [-0.4, -0.2) is 56.1 Å². The first-order valence-electron chi connectivity index (χ1n) is 19.6. The van der Waals surface area contributed by atoms with E-state index in [2.05, 4.69) is 46.0 Å². The number of hydrogen-bond donors (Lipinski definition) is 1. The standard InChI is InChI=1S/C41H62N2O8/c1-28(2)7-6-8-29(3)35-15-16-36-34-14-9-30-27-33(17-20-40(30,4)37(34)18-21-41(35,36)5)51-39(45)42-22-24-49-26-25-48-23-19-38(44)50-32-12-10-31(11-13-32)43(46)47/h9-13,28-29,33-37H,6-8,14-27H2,1-5H3,(H,42,45)/t29-,33+,34+,35-,36+,37?,40+,41-/m1/s1. The molecule has 1 amide bonds. The summed E-state index contributed by atoms with van der Waals surface area (Å²) in [7, 11) is 0. The summed E-state index contributed by atoms with van der Waals surface area (Å²) in [6, 6.07) is 5.32. The monoisotopic (exact) mass is 710 g/mol. The van der Waals surface area contributed by atoms with Crippen molar-refractivity contribution in [1.82, 2.24) is 5.32 Å². The summed E-state index contributed by atoms with van der Waals surface area (Å²) in [6.07, 6.45) is 15.8. The van der Waals surface area contributed by atoms with E-state index in [-0.39, 0.29) is 36.0 Å². The van der Waals surface area contributed by atoms with Crippen LogP contribution >= 0.6 is 0 Å². The molecule has 0 aliphatic heterocycles. The van der Waals surface area contributed by atoms with Crippen LogP contribution in [0.25, 0.3) is 0 Å². The molecule has 4 aliphatic carbocycles. The highest BCUT2D eigenvalue weighted by molar-refractivity contribution is 5.72. The van der Waals surface area contributed by atoms with Crippen LogP contribution in [0.5, 0.6) is 5.75 Å². The molecule has 51 heavy (non-hydrogen) atoms. The topological polar surface area (TPSA) is 126 Å². The number of alkyl carbamates (subject to hydrolysis) is 1. The van der Waals surface area contributed by atoms with Gasteiger partial charge in [-0.2, -0.15) is 0 Å². The number of rotatable bonds is 17. The van der Waals surface area contributed by atoms with Gasteiger partial charge < -0.3 is 24.3 Å². The zero-order valence-corrected chi connectivity index (χ0v) is 31.7. The zero-order valence-electron chi connectivity index (χ0n) is 31.7. The first-order valence-corrected chi connectivity index (χ1v) is 19.6. The highest BCUT2D eigenvalue weighted by Crippen LogP contribution is 2.67. The summed E-state index contributed by atoms with van der Waals surface area (Å²) in [5.41, 5.74) is 2.17. The van der Waals surface area contributed by atoms with Crippen LogP contribution in [0.1, 0.15) is 112 Å². The number of carbonyl (C=O) groups excluding carboxylic acids is 2. The van der Waals surface area contributed by atoms with Gasteiger partial charge in [0.2, 0.25) is 0 Å². The van der Waals surface area contributed by atoms with Crippen molar-refractivity contribution >= 4 is 17.7 Å². The van der Waals surface area contributed by atoms with E-state index in [0.717, 1.165) is 54.8 Å². The van der Waals surface area contributed by atoms with E-state index in [9.17, 15) is 19.7 Å². The molecule has 3 saturated carbocycles. The Morgan fingerprint density at radius 3 is 2.41 bits per heavy atom. The molecule has 0 bridgehead atoms. The lowest BCUT2D eigenvalue weighted by molar-refractivity contribution is -0.384. The predicted octanol–water partition coefficient (Wildman–Crippen LogP) is 9.06. The third-order valence-electron chi connectivity index (χ3n) is 13.2. The molecule has 0 aromatic heterocycles. The molecular formula is C41H62N2O8. The van der Waals surface area contributed by atoms with Crippen molar-refractivity contribution in [2.45, 2.75) is 118 Å². The average molecular weight is 711 g/mol. The molecule has 10 nitrogen and oxygen atoms in total. The summed E-state index contributed by atoms with van der Waals surface area (Å²) in [6.45, 7) is 13.9. The van der Waals surface area contributed by atoms with E-state index in [0.29, 0.717) is 31.8 Å². The molecule has 0 heterocycles. The fourth-order valence-corrected chi connectivity index (χ4v) is 10.5. The molecule has 284 valence electrons. The Morgan fingerprint density at radius 2 is 1.69 bits per heavy atom. The largest absolute Gasteiger partial charge is 0.446 e. The maximum Gasteiger partial charge on any atom is 0.407 e. The van der Waals surface area contributed by atoms with Gasteiger partial charge in [0, 0.05) is 25.1 Å². The third-order valence-corrected chi connectivity index (χ3v) is 13.2. The van der Waals surface area contributed by atoms with Gasteiger partial charge >= 0.3 is 12.1 Å². The van der Waals surface area contributed by atoms with Gasteiger partial charge in [-0.05, 0) is 103 Å². The fraction of sp³-hybridized carbons (Fsp3) is 0.756. The number of benzene rings is 1. The lowest BCUT2D eigenvalue weighted by atomic mass is 9.47. The van der Waals surface area contributed by atoms with E-state index in [4.69, 9.17) is 18.9 Å². The van der Waals surface area contributed by atoms with E-state index in [1.54, 1.807) is 0 Å². The Hall–Kier alpha value is -2.98.